The molecule has 0 fully saturated rings. The van der Waals surface area contributed by atoms with E-state index in [2.05, 4.69) is 9.98 Å². The van der Waals surface area contributed by atoms with Gasteiger partial charge in [0.15, 0.2) is 0 Å². The van der Waals surface area contributed by atoms with Crippen molar-refractivity contribution in [1.29, 1.82) is 0 Å². The summed E-state index contributed by atoms with van der Waals surface area (Å²) in [7, 11) is 0. The molecule has 0 aromatic heterocycles. The minimum atomic E-state index is 0.354. The Bertz CT molecular complexity index is 1220. The quantitative estimate of drug-likeness (QED) is 0.129. The Morgan fingerprint density at radius 1 is 0.526 bits per heavy atom. The number of hydrogen-bond acceptors (Lipinski definition) is 3. The van der Waals surface area contributed by atoms with Gasteiger partial charge in [-0.15, -0.1) is 0 Å². The maximum atomic E-state index is 10.0. The molecule has 2 N–H and O–H groups in total. The Kier molecular flexibility index (Phi) is 13.8. The van der Waals surface area contributed by atoms with Crippen LogP contribution < -0.4 is 0 Å². The summed E-state index contributed by atoms with van der Waals surface area (Å²) >= 11 is 1.06. The Hall–Kier alpha value is -4.06. The first-order chi connectivity index (χ1) is 18.5. The van der Waals surface area contributed by atoms with Gasteiger partial charge in [0.25, 0.3) is 0 Å². The van der Waals surface area contributed by atoms with Crippen LogP contribution in [0.15, 0.2) is 131 Å². The van der Waals surface area contributed by atoms with E-state index in [-0.39, 0.29) is 0 Å². The Morgan fingerprint density at radius 2 is 0.789 bits per heavy atom. The van der Waals surface area contributed by atoms with Crippen molar-refractivity contribution in [3.8, 4) is 0 Å². The zero-order valence-corrected chi connectivity index (χ0v) is 23.0. The number of nitrogens with zero attached hydrogens (tertiary/aromatic N) is 2. The molecule has 4 rings (SSSR count). The average Bonchev–Trinajstić information content (AvgIpc) is 2.96. The Balaban J connectivity index is 0.000000251. The second kappa shape index (κ2) is 17.4. The zero-order chi connectivity index (χ0) is 27.6. The molecule has 0 spiro atoms. The molecule has 0 saturated carbocycles. The molecule has 0 bridgehead atoms. The van der Waals surface area contributed by atoms with Gasteiger partial charge in [-0.05, 0) is 62.4 Å². The van der Waals surface area contributed by atoms with Crippen LogP contribution in [0.3, 0.4) is 0 Å². The summed E-state index contributed by atoms with van der Waals surface area (Å²) in [6.45, 7) is 3.85. The molecule has 38 heavy (non-hydrogen) atoms. The van der Waals surface area contributed by atoms with Crippen LogP contribution >= 0.6 is 0 Å². The summed E-state index contributed by atoms with van der Waals surface area (Å²) in [5.41, 5.74) is 5.30. The number of carbonyl (C=O) groups excluding carboxylic acids is 2. The number of benzene rings is 4. The van der Waals surface area contributed by atoms with Gasteiger partial charge in [0.2, 0.25) is 0 Å². The third-order valence-corrected chi connectivity index (χ3v) is 5.21. The number of rotatable bonds is 8. The van der Waals surface area contributed by atoms with E-state index in [1.165, 1.54) is 0 Å². The van der Waals surface area contributed by atoms with Crippen molar-refractivity contribution in [3.63, 3.8) is 0 Å². The normalized spacial score (nSPS) is 10.8. The predicted octanol–water partition coefficient (Wildman–Crippen LogP) is 7.40. The van der Waals surface area contributed by atoms with Gasteiger partial charge < -0.3 is 0 Å². The first-order valence-electron chi connectivity index (χ1n) is 12.1. The van der Waals surface area contributed by atoms with Gasteiger partial charge in [-0.1, -0.05) is 72.8 Å². The molecular formula is C32H32N2O3V+2. The zero-order valence-electron chi connectivity index (χ0n) is 21.6. The molecule has 0 unspecified atom stereocenters. The van der Waals surface area contributed by atoms with Gasteiger partial charge in [0.05, 0.1) is 22.5 Å². The van der Waals surface area contributed by atoms with E-state index in [1.807, 2.05) is 135 Å². The molecule has 0 aliphatic carbocycles. The van der Waals surface area contributed by atoms with Crippen molar-refractivity contribution in [2.24, 2.45) is 9.98 Å². The Labute approximate surface area is 233 Å². The van der Waals surface area contributed by atoms with Crippen molar-refractivity contribution in [1.82, 2.24) is 0 Å². The van der Waals surface area contributed by atoms with Crippen molar-refractivity contribution in [2.75, 3.05) is 0 Å². The predicted molar refractivity (Wildman–Crippen MR) is 153 cm³/mol. The first-order valence-corrected chi connectivity index (χ1v) is 12.7. The van der Waals surface area contributed by atoms with Gasteiger partial charge >= 0.3 is 32.6 Å². The molecule has 0 aliphatic rings. The molecule has 4 aromatic carbocycles. The van der Waals surface area contributed by atoms with Crippen LogP contribution in [0.1, 0.15) is 37.8 Å². The molecule has 0 aliphatic heterocycles. The number of hydrogen-bond donors (Lipinski definition) is 0. The van der Waals surface area contributed by atoms with Crippen LogP contribution in [0.25, 0.3) is 0 Å². The van der Waals surface area contributed by atoms with Gasteiger partial charge in [-0.3, -0.25) is 19.6 Å². The summed E-state index contributed by atoms with van der Waals surface area (Å²) < 4.78 is 8.19. The molecule has 6 heteroatoms. The Morgan fingerprint density at radius 3 is 1.08 bits per heavy atom. The van der Waals surface area contributed by atoms with Crippen molar-refractivity contribution >= 4 is 34.4 Å². The van der Waals surface area contributed by atoms with Crippen LogP contribution in [0, 0.1) is 0 Å². The average molecular weight is 544 g/mol. The van der Waals surface area contributed by atoms with Crippen LogP contribution in [0.5, 0.6) is 0 Å². The van der Waals surface area contributed by atoms with Gasteiger partial charge in [0.1, 0.15) is 12.8 Å². The van der Waals surface area contributed by atoms with Crippen molar-refractivity contribution in [2.45, 2.75) is 26.7 Å². The van der Waals surface area contributed by atoms with Crippen molar-refractivity contribution in [3.05, 3.63) is 132 Å². The van der Waals surface area contributed by atoms with Crippen LogP contribution in [0.4, 0.5) is 11.4 Å². The molecule has 191 valence electrons. The topological polar surface area (TPSA) is 84.6 Å². The summed E-state index contributed by atoms with van der Waals surface area (Å²) in [5, 5.41) is 0. The van der Waals surface area contributed by atoms with Gasteiger partial charge in [0, 0.05) is 11.4 Å². The standard InChI is InChI=1S/2C16H15NO.O.V/c2*1-13(17-15-10-6-3-7-11-15)12-16(18)14-8-4-2-5-9-14;;/h2*2-11H,12H2,1H3;;/p+2. The fourth-order valence-corrected chi connectivity index (χ4v) is 3.47. The third-order valence-electron chi connectivity index (χ3n) is 5.21. The monoisotopic (exact) mass is 543 g/mol. The number of ketones is 2. The van der Waals surface area contributed by atoms with Crippen LogP contribution in [-0.2, 0) is 21.0 Å². The fraction of sp³-hybridized carbons (Fsp3) is 0.125. The minimum absolute atomic E-state index is 0.354. The molecular weight excluding hydrogens is 511 g/mol. The van der Waals surface area contributed by atoms with Crippen LogP contribution in [0.2, 0.25) is 0 Å². The van der Waals surface area contributed by atoms with Crippen LogP contribution in [-0.4, -0.2) is 32.6 Å². The molecule has 0 heterocycles. The van der Waals surface area contributed by atoms with Crippen molar-refractivity contribution < 1.29 is 30.6 Å². The second-order valence-corrected chi connectivity index (χ2v) is 8.34. The molecule has 0 atom stereocenters. The summed E-state index contributed by atoms with van der Waals surface area (Å²) in [6.07, 6.45) is 0.942. The fourth-order valence-electron chi connectivity index (χ4n) is 3.47. The molecule has 0 saturated heterocycles. The van der Waals surface area contributed by atoms with Gasteiger partial charge in [-0.25, -0.2) is 0 Å². The summed E-state index contributed by atoms with van der Waals surface area (Å²) in [5.74, 6) is 0.709. The molecule has 4 aromatic rings. The first kappa shape index (κ1) is 30.2. The summed E-state index contributed by atoms with van der Waals surface area (Å²) in [4.78, 5) is 28.9. The van der Waals surface area contributed by atoms with E-state index in [9.17, 15) is 9.59 Å². The van der Waals surface area contributed by atoms with Gasteiger partial charge in [-0.2, -0.15) is 0 Å². The molecule has 0 radical (unpaired) electrons. The van der Waals surface area contributed by atoms with E-state index < -0.39 is 0 Å². The molecule has 0 amide bonds. The van der Waals surface area contributed by atoms with E-state index in [0.29, 0.717) is 24.4 Å². The number of aliphatic imine (C=N–C) groups is 2. The van der Waals surface area contributed by atoms with E-state index in [0.717, 1.165) is 51.3 Å². The van der Waals surface area contributed by atoms with E-state index in [4.69, 9.17) is 3.67 Å². The summed E-state index contributed by atoms with van der Waals surface area (Å²) in [6, 6.07) is 38.6. The molecule has 5 nitrogen and oxygen atoms in total. The third kappa shape index (κ3) is 11.3. The SMILES string of the molecule is CC(CC(=[OH+])c1ccccc1)=Nc1ccccc1.CC(CC(=[OH+])c1ccccc1)=Nc1ccccc1.[O]=[V]. The maximum absolute atomic E-state index is 10.0. The number of para-hydroxylation sites is 2. The van der Waals surface area contributed by atoms with E-state index in [1.54, 1.807) is 0 Å². The van der Waals surface area contributed by atoms with E-state index >= 15 is 0 Å². The second-order valence-electron chi connectivity index (χ2n) is 8.34.